The number of carbonyl (C=O) groups excluding carboxylic acids is 2. The van der Waals surface area contributed by atoms with E-state index in [0.717, 1.165) is 37.1 Å². The van der Waals surface area contributed by atoms with Crippen molar-refractivity contribution in [2.45, 2.75) is 36.0 Å². The molecule has 0 spiro atoms. The summed E-state index contributed by atoms with van der Waals surface area (Å²) in [5, 5.41) is 13.6. The number of unbranched alkanes of at least 4 members (excludes halogenated alkanes) is 2. The number of hydrogen-bond donors (Lipinski definition) is 2. The van der Waals surface area contributed by atoms with Crippen LogP contribution in [0.5, 0.6) is 0 Å². The number of ether oxygens (including phenoxy) is 1. The summed E-state index contributed by atoms with van der Waals surface area (Å²) >= 11 is 1.11. The van der Waals surface area contributed by atoms with Crippen molar-refractivity contribution in [2.24, 2.45) is 0 Å². The third-order valence-electron chi connectivity index (χ3n) is 3.53. The van der Waals surface area contributed by atoms with Gasteiger partial charge >= 0.3 is 5.97 Å². The van der Waals surface area contributed by atoms with Crippen molar-refractivity contribution < 1.29 is 27.7 Å². The van der Waals surface area contributed by atoms with Gasteiger partial charge in [-0.15, -0.1) is 11.8 Å². The lowest BCUT2D eigenvalue weighted by Crippen LogP contribution is -2.34. The average molecular weight is 434 g/mol. The molecular formula is C16H23N3O7S2. The van der Waals surface area contributed by atoms with Gasteiger partial charge in [0.25, 0.3) is 11.6 Å². The monoisotopic (exact) mass is 433 g/mol. The summed E-state index contributed by atoms with van der Waals surface area (Å²) in [6.45, 7) is 1.28. The Kier molecular flexibility index (Phi) is 9.90. The summed E-state index contributed by atoms with van der Waals surface area (Å²) in [4.78, 5) is 33.5. The molecule has 0 heterocycles. The highest BCUT2D eigenvalue weighted by Crippen LogP contribution is 2.29. The Bertz CT molecular complexity index is 812. The van der Waals surface area contributed by atoms with Gasteiger partial charge in [-0.2, -0.15) is 4.72 Å². The van der Waals surface area contributed by atoms with Gasteiger partial charge < -0.3 is 10.1 Å². The van der Waals surface area contributed by atoms with Crippen molar-refractivity contribution in [1.82, 2.24) is 10.0 Å². The minimum atomic E-state index is -4.16. The molecule has 0 aliphatic carbocycles. The first-order valence-corrected chi connectivity index (χ1v) is 11.2. The second-order valence-electron chi connectivity index (χ2n) is 5.63. The predicted molar refractivity (Wildman–Crippen MR) is 104 cm³/mol. The van der Waals surface area contributed by atoms with Crippen molar-refractivity contribution in [2.75, 3.05) is 26.0 Å². The quantitative estimate of drug-likeness (QED) is 0.166. The lowest BCUT2D eigenvalue weighted by molar-refractivity contribution is -0.387. The largest absolute Gasteiger partial charge is 0.455 e. The zero-order valence-corrected chi connectivity index (χ0v) is 17.2. The molecule has 0 bridgehead atoms. The number of carbonyl (C=O) groups is 2. The maximum absolute atomic E-state index is 12.2. The molecule has 0 radical (unpaired) electrons. The van der Waals surface area contributed by atoms with E-state index in [4.69, 9.17) is 4.74 Å². The molecule has 0 aliphatic rings. The number of rotatable bonds is 12. The van der Waals surface area contributed by atoms with Gasteiger partial charge in [0, 0.05) is 12.6 Å². The van der Waals surface area contributed by atoms with Crippen LogP contribution in [0.4, 0.5) is 5.69 Å². The lowest BCUT2D eigenvalue weighted by atomic mass is 10.2. The number of hydrogen-bond acceptors (Lipinski definition) is 8. The number of sulfonamides is 1. The molecule has 0 saturated carbocycles. The van der Waals surface area contributed by atoms with E-state index in [0.29, 0.717) is 11.4 Å². The predicted octanol–water partition coefficient (Wildman–Crippen LogP) is 1.44. The number of esters is 1. The third kappa shape index (κ3) is 7.82. The topological polar surface area (TPSA) is 145 Å². The van der Waals surface area contributed by atoms with Gasteiger partial charge in [0.2, 0.25) is 10.0 Å². The van der Waals surface area contributed by atoms with Crippen LogP contribution < -0.4 is 10.0 Å². The maximum atomic E-state index is 12.2. The van der Waals surface area contributed by atoms with Crippen molar-refractivity contribution in [1.29, 1.82) is 0 Å². The Labute approximate surface area is 167 Å². The molecule has 2 N–H and O–H groups in total. The molecule has 1 rings (SSSR count). The Morgan fingerprint density at radius 3 is 2.61 bits per heavy atom. The van der Waals surface area contributed by atoms with Crippen LogP contribution in [-0.2, 0) is 24.3 Å². The van der Waals surface area contributed by atoms with E-state index in [9.17, 15) is 28.1 Å². The number of nitrogens with zero attached hydrogens (tertiary/aromatic N) is 1. The summed E-state index contributed by atoms with van der Waals surface area (Å²) < 4.78 is 31.1. The van der Waals surface area contributed by atoms with Gasteiger partial charge in [-0.25, -0.2) is 8.42 Å². The van der Waals surface area contributed by atoms with Gasteiger partial charge in [0.05, 0.1) is 14.7 Å². The normalized spacial score (nSPS) is 11.1. The van der Waals surface area contributed by atoms with Crippen LogP contribution in [0.3, 0.4) is 0 Å². The highest BCUT2D eigenvalue weighted by atomic mass is 32.2. The number of nitro groups is 1. The van der Waals surface area contributed by atoms with E-state index < -0.39 is 40.0 Å². The summed E-state index contributed by atoms with van der Waals surface area (Å²) in [6.07, 6.45) is 4.42. The zero-order valence-electron chi connectivity index (χ0n) is 15.6. The first kappa shape index (κ1) is 23.9. The molecule has 28 heavy (non-hydrogen) atoms. The molecular weight excluding hydrogens is 410 g/mol. The first-order chi connectivity index (χ1) is 13.2. The fourth-order valence-electron chi connectivity index (χ4n) is 2.07. The number of thioether (sulfide) groups is 1. The molecule has 1 amide bonds. The highest BCUT2D eigenvalue weighted by Gasteiger charge is 2.22. The van der Waals surface area contributed by atoms with E-state index >= 15 is 0 Å². The molecule has 1 aromatic rings. The Morgan fingerprint density at radius 2 is 2.00 bits per heavy atom. The molecule has 0 atom stereocenters. The molecule has 1 aromatic carbocycles. The second-order valence-corrected chi connectivity index (χ2v) is 8.25. The lowest BCUT2D eigenvalue weighted by Gasteiger charge is -2.09. The maximum Gasteiger partial charge on any atom is 0.321 e. The molecule has 0 fully saturated rings. The Balaban J connectivity index is 2.57. The summed E-state index contributed by atoms with van der Waals surface area (Å²) in [5.41, 5.74) is -0.349. The fourth-order valence-corrected chi connectivity index (χ4v) is 3.60. The van der Waals surface area contributed by atoms with Crippen LogP contribution in [0.25, 0.3) is 0 Å². The standard InChI is InChI=1S/C16H23N3O7S2/c1-3-4-5-8-17-15(20)11-26-16(21)10-18-28(24,25)12-6-7-14(27-2)13(9-12)19(22)23/h6-7,9,18H,3-5,8,10-11H2,1-2H3,(H,17,20). The van der Waals surface area contributed by atoms with Crippen molar-refractivity contribution in [3.8, 4) is 0 Å². The van der Waals surface area contributed by atoms with Crippen LogP contribution in [0.2, 0.25) is 0 Å². The van der Waals surface area contributed by atoms with E-state index in [1.807, 2.05) is 11.6 Å². The summed E-state index contributed by atoms with van der Waals surface area (Å²) in [5.74, 6) is -1.42. The Morgan fingerprint density at radius 1 is 1.29 bits per heavy atom. The average Bonchev–Trinajstić information content (AvgIpc) is 2.67. The molecule has 156 valence electrons. The van der Waals surface area contributed by atoms with E-state index in [1.54, 1.807) is 6.26 Å². The molecule has 0 saturated heterocycles. The minimum absolute atomic E-state index is 0.313. The summed E-state index contributed by atoms with van der Waals surface area (Å²) in [6, 6.07) is 3.44. The van der Waals surface area contributed by atoms with Crippen LogP contribution in [0, 0.1) is 10.1 Å². The second kappa shape index (κ2) is 11.6. The van der Waals surface area contributed by atoms with Gasteiger partial charge in [0.15, 0.2) is 6.61 Å². The van der Waals surface area contributed by atoms with Crippen molar-refractivity contribution in [3.63, 3.8) is 0 Å². The van der Waals surface area contributed by atoms with Crippen LogP contribution in [0.1, 0.15) is 26.2 Å². The van der Waals surface area contributed by atoms with Crippen LogP contribution >= 0.6 is 11.8 Å². The van der Waals surface area contributed by atoms with Gasteiger partial charge in [-0.1, -0.05) is 19.8 Å². The summed E-state index contributed by atoms with van der Waals surface area (Å²) in [7, 11) is -4.16. The van der Waals surface area contributed by atoms with Gasteiger partial charge in [-0.3, -0.25) is 19.7 Å². The number of amides is 1. The third-order valence-corrected chi connectivity index (χ3v) is 5.71. The zero-order chi connectivity index (χ0) is 21.2. The van der Waals surface area contributed by atoms with E-state index in [2.05, 4.69) is 5.32 Å². The molecule has 10 nitrogen and oxygen atoms in total. The SMILES string of the molecule is CCCCCNC(=O)COC(=O)CNS(=O)(=O)c1ccc(SC)c([N+](=O)[O-])c1. The van der Waals surface area contributed by atoms with Crippen LogP contribution in [-0.4, -0.2) is 51.2 Å². The number of nitrogens with one attached hydrogen (secondary N) is 2. The van der Waals surface area contributed by atoms with Crippen LogP contribution in [0.15, 0.2) is 28.0 Å². The van der Waals surface area contributed by atoms with Crippen molar-refractivity contribution >= 4 is 39.3 Å². The number of benzene rings is 1. The molecule has 0 unspecified atom stereocenters. The molecule has 0 aliphatic heterocycles. The van der Waals surface area contributed by atoms with Crippen molar-refractivity contribution in [3.05, 3.63) is 28.3 Å². The first-order valence-electron chi connectivity index (χ1n) is 8.45. The number of nitro benzene ring substituents is 1. The van der Waals surface area contributed by atoms with Gasteiger partial charge in [-0.05, 0) is 24.8 Å². The van der Waals surface area contributed by atoms with E-state index in [-0.39, 0.29) is 10.6 Å². The molecule has 12 heteroatoms. The van der Waals surface area contributed by atoms with Gasteiger partial charge in [0.1, 0.15) is 6.54 Å². The Hall–Kier alpha value is -2.18. The smallest absolute Gasteiger partial charge is 0.321 e. The van der Waals surface area contributed by atoms with E-state index in [1.165, 1.54) is 12.1 Å². The fraction of sp³-hybridized carbons (Fsp3) is 0.500. The minimum Gasteiger partial charge on any atom is -0.455 e. The molecule has 0 aromatic heterocycles. The highest BCUT2D eigenvalue weighted by molar-refractivity contribution is 7.98.